The lowest BCUT2D eigenvalue weighted by atomic mass is 10.2. The number of likely N-dealkylation sites (tertiary alicyclic amines) is 1. The number of carbonyl (C=O) groups is 1. The van der Waals surface area contributed by atoms with E-state index in [-0.39, 0.29) is 18.3 Å². The highest BCUT2D eigenvalue weighted by molar-refractivity contribution is 6.31. The van der Waals surface area contributed by atoms with Gasteiger partial charge >= 0.3 is 0 Å². The van der Waals surface area contributed by atoms with Crippen molar-refractivity contribution in [3.63, 3.8) is 0 Å². The van der Waals surface area contributed by atoms with Crippen molar-refractivity contribution in [3.8, 4) is 0 Å². The standard InChI is InChI=1S/C19H24ClN5O.ClH/c20-18-4-2-1-3-15(18)12-25-13-16(11-22-25)19(26)24-8-5-17(14-24)23-9-6-21-7-10-23;/h1-4,11,13,17,21H,5-10,12,14H2;1H. The van der Waals surface area contributed by atoms with E-state index in [1.165, 1.54) is 0 Å². The maximum Gasteiger partial charge on any atom is 0.257 e. The third kappa shape index (κ3) is 4.63. The zero-order valence-electron chi connectivity index (χ0n) is 15.2. The molecule has 6 nitrogen and oxygen atoms in total. The fraction of sp³-hybridized carbons (Fsp3) is 0.474. The van der Waals surface area contributed by atoms with Crippen LogP contribution in [0.15, 0.2) is 36.7 Å². The van der Waals surface area contributed by atoms with Crippen molar-refractivity contribution in [2.75, 3.05) is 39.3 Å². The molecule has 1 unspecified atom stereocenters. The van der Waals surface area contributed by atoms with Crippen molar-refractivity contribution in [3.05, 3.63) is 52.8 Å². The van der Waals surface area contributed by atoms with E-state index < -0.39 is 0 Å². The van der Waals surface area contributed by atoms with Gasteiger partial charge in [-0.05, 0) is 18.1 Å². The van der Waals surface area contributed by atoms with Gasteiger partial charge in [0.1, 0.15) is 0 Å². The van der Waals surface area contributed by atoms with Crippen LogP contribution in [0.2, 0.25) is 5.02 Å². The van der Waals surface area contributed by atoms with Crippen molar-refractivity contribution >= 4 is 29.9 Å². The van der Waals surface area contributed by atoms with Gasteiger partial charge in [-0.15, -0.1) is 12.4 Å². The molecule has 2 fully saturated rings. The van der Waals surface area contributed by atoms with Crippen LogP contribution >= 0.6 is 24.0 Å². The molecule has 8 heteroatoms. The second-order valence-corrected chi connectivity index (χ2v) is 7.40. The predicted octanol–water partition coefficient (Wildman–Crippen LogP) is 2.13. The number of nitrogens with one attached hydrogen (secondary N) is 1. The lowest BCUT2D eigenvalue weighted by Crippen LogP contribution is -2.49. The highest BCUT2D eigenvalue weighted by atomic mass is 35.5. The Balaban J connectivity index is 0.00000210. The summed E-state index contributed by atoms with van der Waals surface area (Å²) in [5.74, 6) is 0.0769. The summed E-state index contributed by atoms with van der Waals surface area (Å²) >= 11 is 6.21. The van der Waals surface area contributed by atoms with Gasteiger partial charge in [-0.25, -0.2) is 0 Å². The van der Waals surface area contributed by atoms with Gasteiger partial charge in [0.15, 0.2) is 0 Å². The number of amides is 1. The lowest BCUT2D eigenvalue weighted by molar-refractivity contribution is 0.0773. The summed E-state index contributed by atoms with van der Waals surface area (Å²) < 4.78 is 1.78. The molecule has 27 heavy (non-hydrogen) atoms. The molecule has 1 aromatic carbocycles. The minimum Gasteiger partial charge on any atom is -0.337 e. The van der Waals surface area contributed by atoms with E-state index in [0.717, 1.165) is 51.3 Å². The van der Waals surface area contributed by atoms with Crippen molar-refractivity contribution in [1.82, 2.24) is 24.9 Å². The molecule has 1 atom stereocenters. The number of hydrogen-bond donors (Lipinski definition) is 1. The average molecular weight is 410 g/mol. The molecule has 0 spiro atoms. The Bertz CT molecular complexity index is 775. The zero-order chi connectivity index (χ0) is 17.9. The summed E-state index contributed by atoms with van der Waals surface area (Å²) in [6.45, 7) is 6.43. The van der Waals surface area contributed by atoms with E-state index in [9.17, 15) is 4.79 Å². The highest BCUT2D eigenvalue weighted by Gasteiger charge is 2.31. The summed E-state index contributed by atoms with van der Waals surface area (Å²) in [5, 5.41) is 8.44. The van der Waals surface area contributed by atoms with Gasteiger partial charge in [-0.3, -0.25) is 14.4 Å². The molecule has 1 N–H and O–H groups in total. The summed E-state index contributed by atoms with van der Waals surface area (Å²) in [7, 11) is 0. The maximum atomic E-state index is 12.8. The number of benzene rings is 1. The van der Waals surface area contributed by atoms with Crippen LogP contribution in [0.5, 0.6) is 0 Å². The Kier molecular flexibility index (Phi) is 6.76. The molecule has 2 saturated heterocycles. The maximum absolute atomic E-state index is 12.8. The van der Waals surface area contributed by atoms with Crippen molar-refractivity contribution < 1.29 is 4.79 Å². The Labute approximate surface area is 170 Å². The van der Waals surface area contributed by atoms with E-state index in [4.69, 9.17) is 11.6 Å². The van der Waals surface area contributed by atoms with Crippen LogP contribution in [0.3, 0.4) is 0 Å². The number of rotatable bonds is 4. The number of aromatic nitrogens is 2. The van der Waals surface area contributed by atoms with Crippen LogP contribution in [0.4, 0.5) is 0 Å². The second kappa shape index (κ2) is 9.06. The first-order valence-corrected chi connectivity index (χ1v) is 9.58. The molecule has 0 aliphatic carbocycles. The topological polar surface area (TPSA) is 53.4 Å². The smallest absolute Gasteiger partial charge is 0.257 e. The van der Waals surface area contributed by atoms with Gasteiger partial charge < -0.3 is 10.2 Å². The molecule has 0 saturated carbocycles. The van der Waals surface area contributed by atoms with Crippen LogP contribution in [-0.4, -0.2) is 70.8 Å². The second-order valence-electron chi connectivity index (χ2n) is 7.00. The van der Waals surface area contributed by atoms with Crippen LogP contribution in [0.1, 0.15) is 22.3 Å². The number of nitrogens with zero attached hydrogens (tertiary/aromatic N) is 4. The SMILES string of the molecule is Cl.O=C(c1cnn(Cc2ccccc2Cl)c1)N1CCC(N2CCNCC2)C1. The predicted molar refractivity (Wildman–Crippen MR) is 109 cm³/mol. The largest absolute Gasteiger partial charge is 0.337 e. The minimum absolute atomic E-state index is 0. The molecule has 2 aromatic rings. The number of piperazine rings is 1. The van der Waals surface area contributed by atoms with Gasteiger partial charge in [-0.1, -0.05) is 29.8 Å². The fourth-order valence-electron chi connectivity index (χ4n) is 3.82. The molecule has 1 amide bonds. The number of halogens is 2. The van der Waals surface area contributed by atoms with E-state index >= 15 is 0 Å². The van der Waals surface area contributed by atoms with Gasteiger partial charge in [0, 0.05) is 56.5 Å². The quantitative estimate of drug-likeness (QED) is 0.839. The average Bonchev–Trinajstić information content (AvgIpc) is 3.34. The van der Waals surface area contributed by atoms with E-state index in [1.54, 1.807) is 10.9 Å². The van der Waals surface area contributed by atoms with Crippen LogP contribution in [-0.2, 0) is 6.54 Å². The van der Waals surface area contributed by atoms with Gasteiger partial charge in [0.05, 0.1) is 18.3 Å². The van der Waals surface area contributed by atoms with Crippen LogP contribution < -0.4 is 5.32 Å². The molecule has 0 radical (unpaired) electrons. The van der Waals surface area contributed by atoms with Crippen molar-refractivity contribution in [1.29, 1.82) is 0 Å². The Morgan fingerprint density at radius 3 is 2.78 bits per heavy atom. The van der Waals surface area contributed by atoms with Crippen molar-refractivity contribution in [2.24, 2.45) is 0 Å². The summed E-state index contributed by atoms with van der Waals surface area (Å²) in [6.07, 6.45) is 4.54. The first-order valence-electron chi connectivity index (χ1n) is 9.20. The lowest BCUT2D eigenvalue weighted by Gasteiger charge is -2.32. The van der Waals surface area contributed by atoms with E-state index in [1.807, 2.05) is 35.4 Å². The molecule has 4 rings (SSSR count). The molecular weight excluding hydrogens is 385 g/mol. The molecule has 0 bridgehead atoms. The molecule has 146 valence electrons. The van der Waals surface area contributed by atoms with E-state index in [2.05, 4.69) is 15.3 Å². The van der Waals surface area contributed by atoms with Crippen LogP contribution in [0, 0.1) is 0 Å². The first kappa shape index (κ1) is 20.1. The Hall–Kier alpha value is -1.60. The molecular formula is C19H25Cl2N5O. The highest BCUT2D eigenvalue weighted by Crippen LogP contribution is 2.19. The summed E-state index contributed by atoms with van der Waals surface area (Å²) in [6, 6.07) is 8.19. The monoisotopic (exact) mass is 409 g/mol. The van der Waals surface area contributed by atoms with Crippen molar-refractivity contribution in [2.45, 2.75) is 19.0 Å². The van der Waals surface area contributed by atoms with Gasteiger partial charge in [-0.2, -0.15) is 5.10 Å². The Morgan fingerprint density at radius 2 is 2.00 bits per heavy atom. The normalized spacial score (nSPS) is 20.5. The summed E-state index contributed by atoms with van der Waals surface area (Å²) in [5.41, 5.74) is 1.65. The summed E-state index contributed by atoms with van der Waals surface area (Å²) in [4.78, 5) is 17.3. The molecule has 2 aliphatic rings. The number of hydrogen-bond acceptors (Lipinski definition) is 4. The zero-order valence-corrected chi connectivity index (χ0v) is 16.8. The fourth-order valence-corrected chi connectivity index (χ4v) is 4.01. The minimum atomic E-state index is 0. The van der Waals surface area contributed by atoms with Gasteiger partial charge in [0.25, 0.3) is 5.91 Å². The first-order chi connectivity index (χ1) is 12.7. The third-order valence-electron chi connectivity index (χ3n) is 5.29. The number of carbonyl (C=O) groups excluding carboxylic acids is 1. The Morgan fingerprint density at radius 1 is 1.22 bits per heavy atom. The van der Waals surface area contributed by atoms with E-state index in [0.29, 0.717) is 23.2 Å². The van der Waals surface area contributed by atoms with Gasteiger partial charge in [0.2, 0.25) is 0 Å². The molecule has 3 heterocycles. The third-order valence-corrected chi connectivity index (χ3v) is 5.66. The van der Waals surface area contributed by atoms with Crippen LogP contribution in [0.25, 0.3) is 0 Å². The molecule has 1 aromatic heterocycles. The molecule has 2 aliphatic heterocycles.